The molecule has 0 aliphatic carbocycles. The molecule has 0 atom stereocenters. The minimum absolute atomic E-state index is 0.0660. The van der Waals surface area contributed by atoms with E-state index in [4.69, 9.17) is 23.8 Å². The highest BCUT2D eigenvalue weighted by Gasteiger charge is 2.16. The molecule has 0 saturated carbocycles. The van der Waals surface area contributed by atoms with Crippen molar-refractivity contribution in [2.24, 2.45) is 0 Å². The minimum Gasteiger partial charge on any atom is -0.338 e. The molecule has 136 valence electrons. The largest absolute Gasteiger partial charge is 0.338 e. The molecule has 0 fully saturated rings. The molecule has 0 aliphatic heterocycles. The van der Waals surface area contributed by atoms with E-state index in [9.17, 15) is 4.79 Å². The maximum atomic E-state index is 12.7. The zero-order valence-corrected chi connectivity index (χ0v) is 16.8. The number of likely N-dealkylation sites (N-methyl/N-ethyl adjacent to an activating group) is 1. The Morgan fingerprint density at radius 3 is 2.77 bits per heavy atom. The fourth-order valence-electron chi connectivity index (χ4n) is 2.45. The van der Waals surface area contributed by atoms with Crippen LogP contribution in [0.25, 0.3) is 11.4 Å². The molecule has 2 heterocycles. The molecular formula is C17H18ClN5OS2. The molecule has 0 saturated heterocycles. The highest BCUT2D eigenvalue weighted by Crippen LogP contribution is 2.20. The lowest BCUT2D eigenvalue weighted by atomic mass is 10.2. The van der Waals surface area contributed by atoms with Gasteiger partial charge in [-0.1, -0.05) is 18.5 Å². The van der Waals surface area contributed by atoms with E-state index in [1.807, 2.05) is 17.5 Å². The smallest absolute Gasteiger partial charge is 0.242 e. The highest BCUT2D eigenvalue weighted by molar-refractivity contribution is 7.71. The number of aromatic nitrogens is 4. The molecule has 26 heavy (non-hydrogen) atoms. The maximum Gasteiger partial charge on any atom is 0.242 e. The molecule has 6 nitrogen and oxygen atoms in total. The first kappa shape index (κ1) is 18.8. The Bertz CT molecular complexity index is 960. The van der Waals surface area contributed by atoms with Crippen LogP contribution < -0.4 is 0 Å². The number of aryl methyl sites for hydroxylation is 1. The molecule has 0 unspecified atom stereocenters. The van der Waals surface area contributed by atoms with Gasteiger partial charge in [-0.2, -0.15) is 5.10 Å². The standard InChI is InChI=1S/C17H18ClN5OS2/c1-3-14-19-13(10-26-14)8-22(2)15(24)9-23-16(20-21-17(23)25)11-4-6-12(18)7-5-11/h4-7,10H,3,8-9H2,1-2H3,(H,21,25). The van der Waals surface area contributed by atoms with Gasteiger partial charge in [0.15, 0.2) is 10.6 Å². The summed E-state index contributed by atoms with van der Waals surface area (Å²) in [6, 6.07) is 7.25. The number of amides is 1. The van der Waals surface area contributed by atoms with Crippen molar-refractivity contribution >= 4 is 41.1 Å². The van der Waals surface area contributed by atoms with Crippen molar-refractivity contribution in [1.82, 2.24) is 24.6 Å². The topological polar surface area (TPSA) is 66.8 Å². The van der Waals surface area contributed by atoms with Gasteiger partial charge in [0.1, 0.15) is 6.54 Å². The van der Waals surface area contributed by atoms with Gasteiger partial charge in [-0.3, -0.25) is 14.5 Å². The molecule has 0 bridgehead atoms. The number of nitrogens with one attached hydrogen (secondary N) is 1. The van der Waals surface area contributed by atoms with Crippen molar-refractivity contribution in [3.8, 4) is 11.4 Å². The van der Waals surface area contributed by atoms with Gasteiger partial charge in [0.25, 0.3) is 0 Å². The monoisotopic (exact) mass is 407 g/mol. The van der Waals surface area contributed by atoms with E-state index in [1.165, 1.54) is 0 Å². The van der Waals surface area contributed by atoms with Gasteiger partial charge in [-0.05, 0) is 42.9 Å². The molecule has 0 spiro atoms. The summed E-state index contributed by atoms with van der Waals surface area (Å²) in [7, 11) is 1.76. The molecule has 1 amide bonds. The van der Waals surface area contributed by atoms with Crippen LogP contribution in [0.1, 0.15) is 17.6 Å². The third-order valence-corrected chi connectivity index (χ3v) is 5.49. The Morgan fingerprint density at radius 1 is 1.38 bits per heavy atom. The molecule has 1 aromatic carbocycles. The van der Waals surface area contributed by atoms with Crippen LogP contribution in [0.2, 0.25) is 5.02 Å². The lowest BCUT2D eigenvalue weighted by molar-refractivity contribution is -0.131. The Labute approximate surface area is 165 Å². The third kappa shape index (κ3) is 4.20. The molecule has 9 heteroatoms. The molecule has 3 aromatic rings. The van der Waals surface area contributed by atoms with E-state index in [0.717, 1.165) is 22.7 Å². The number of rotatable bonds is 6. The van der Waals surface area contributed by atoms with E-state index in [-0.39, 0.29) is 12.5 Å². The van der Waals surface area contributed by atoms with Crippen LogP contribution in [-0.4, -0.2) is 37.6 Å². The number of carbonyl (C=O) groups is 1. The summed E-state index contributed by atoms with van der Waals surface area (Å²) in [5, 5.41) is 10.7. The minimum atomic E-state index is -0.0660. The number of carbonyl (C=O) groups excluding carboxylic acids is 1. The number of H-pyrrole nitrogens is 1. The third-order valence-electron chi connectivity index (χ3n) is 3.88. The molecule has 2 aromatic heterocycles. The second-order valence-corrected chi connectivity index (χ2v) is 7.55. The maximum absolute atomic E-state index is 12.7. The summed E-state index contributed by atoms with van der Waals surface area (Å²) >= 11 is 12.8. The summed E-state index contributed by atoms with van der Waals surface area (Å²) < 4.78 is 2.09. The van der Waals surface area contributed by atoms with E-state index >= 15 is 0 Å². The number of hydrogen-bond donors (Lipinski definition) is 1. The van der Waals surface area contributed by atoms with Crippen molar-refractivity contribution in [3.05, 3.63) is 50.1 Å². The zero-order valence-electron chi connectivity index (χ0n) is 14.4. The molecule has 3 rings (SSSR count). The van der Waals surface area contributed by atoms with E-state index < -0.39 is 0 Å². The summed E-state index contributed by atoms with van der Waals surface area (Å²) in [6.45, 7) is 2.64. The normalized spacial score (nSPS) is 10.9. The van der Waals surface area contributed by atoms with Crippen LogP contribution in [0.5, 0.6) is 0 Å². The van der Waals surface area contributed by atoms with Gasteiger partial charge in [0, 0.05) is 23.0 Å². The lowest BCUT2D eigenvalue weighted by Crippen LogP contribution is -2.30. The van der Waals surface area contributed by atoms with Crippen LogP contribution in [0.15, 0.2) is 29.6 Å². The predicted octanol–water partition coefficient (Wildman–Crippen LogP) is 3.94. The quantitative estimate of drug-likeness (QED) is 0.628. The van der Waals surface area contributed by atoms with Crippen molar-refractivity contribution in [2.45, 2.75) is 26.4 Å². The van der Waals surface area contributed by atoms with Gasteiger partial charge in [0.05, 0.1) is 17.2 Å². The zero-order chi connectivity index (χ0) is 18.7. The number of nitrogens with zero attached hydrogens (tertiary/aromatic N) is 4. The lowest BCUT2D eigenvalue weighted by Gasteiger charge is -2.17. The van der Waals surface area contributed by atoms with Crippen molar-refractivity contribution in [3.63, 3.8) is 0 Å². The van der Waals surface area contributed by atoms with Crippen molar-refractivity contribution in [1.29, 1.82) is 0 Å². The Hall–Kier alpha value is -2.03. The SMILES string of the molecule is CCc1nc(CN(C)C(=O)Cn2c(-c3ccc(Cl)cc3)n[nH]c2=S)cs1. The Morgan fingerprint density at radius 2 is 2.12 bits per heavy atom. The molecular weight excluding hydrogens is 390 g/mol. The summed E-state index contributed by atoms with van der Waals surface area (Å²) in [5.74, 6) is 0.541. The second-order valence-electron chi connectivity index (χ2n) is 5.78. The second kappa shape index (κ2) is 8.11. The van der Waals surface area contributed by atoms with Crippen LogP contribution in [-0.2, 0) is 24.3 Å². The number of benzene rings is 1. The van der Waals surface area contributed by atoms with Gasteiger partial charge in [-0.15, -0.1) is 11.3 Å². The number of thiazole rings is 1. The fourth-order valence-corrected chi connectivity index (χ4v) is 3.51. The number of halogens is 1. The summed E-state index contributed by atoms with van der Waals surface area (Å²) in [6.07, 6.45) is 0.900. The predicted molar refractivity (Wildman–Crippen MR) is 106 cm³/mol. The molecule has 1 N–H and O–H groups in total. The first-order valence-corrected chi connectivity index (χ1v) is 9.73. The summed E-state index contributed by atoms with van der Waals surface area (Å²) in [4.78, 5) is 18.8. The van der Waals surface area contributed by atoms with Crippen LogP contribution >= 0.6 is 35.2 Å². The average Bonchev–Trinajstić information content (AvgIpc) is 3.23. The number of aromatic amines is 1. The van der Waals surface area contributed by atoms with Gasteiger partial charge < -0.3 is 4.90 Å². The first-order chi connectivity index (χ1) is 12.5. The van der Waals surface area contributed by atoms with Crippen LogP contribution in [0, 0.1) is 4.77 Å². The van der Waals surface area contributed by atoms with Gasteiger partial charge >= 0.3 is 0 Å². The Balaban J connectivity index is 1.75. The molecule has 0 aliphatic rings. The fraction of sp³-hybridized carbons (Fsp3) is 0.294. The van der Waals surface area contributed by atoms with Crippen molar-refractivity contribution in [2.75, 3.05) is 7.05 Å². The van der Waals surface area contributed by atoms with Gasteiger partial charge in [0.2, 0.25) is 5.91 Å². The van der Waals surface area contributed by atoms with Gasteiger partial charge in [-0.25, -0.2) is 4.98 Å². The van der Waals surface area contributed by atoms with E-state index in [2.05, 4.69) is 22.1 Å². The first-order valence-electron chi connectivity index (χ1n) is 8.06. The summed E-state index contributed by atoms with van der Waals surface area (Å²) in [5.41, 5.74) is 1.74. The van der Waals surface area contributed by atoms with E-state index in [0.29, 0.717) is 22.2 Å². The highest BCUT2D eigenvalue weighted by atomic mass is 35.5. The van der Waals surface area contributed by atoms with E-state index in [1.54, 1.807) is 40.0 Å². The average molecular weight is 408 g/mol. The van der Waals surface area contributed by atoms with Crippen LogP contribution in [0.3, 0.4) is 0 Å². The van der Waals surface area contributed by atoms with Crippen LogP contribution in [0.4, 0.5) is 0 Å². The molecule has 0 radical (unpaired) electrons. The number of hydrogen-bond acceptors (Lipinski definition) is 5. The Kier molecular flexibility index (Phi) is 5.85. The van der Waals surface area contributed by atoms with Crippen molar-refractivity contribution < 1.29 is 4.79 Å².